The minimum absolute atomic E-state index is 0.0935. The Labute approximate surface area is 182 Å². The number of hydrogen-bond acceptors (Lipinski definition) is 6. The van der Waals surface area contributed by atoms with Crippen molar-refractivity contribution < 1.29 is 22.5 Å². The third-order valence-corrected chi connectivity index (χ3v) is 7.44. The number of piperazine rings is 1. The van der Waals surface area contributed by atoms with E-state index in [2.05, 4.69) is 5.16 Å². The molecule has 1 saturated heterocycles. The number of rotatable bonds is 7. The van der Waals surface area contributed by atoms with E-state index in [1.165, 1.54) is 4.31 Å². The van der Waals surface area contributed by atoms with Gasteiger partial charge in [-0.3, -0.25) is 9.59 Å². The Hall–Kier alpha value is -2.72. The maximum absolute atomic E-state index is 12.7. The first-order valence-corrected chi connectivity index (χ1v) is 11.6. The van der Waals surface area contributed by atoms with E-state index >= 15 is 0 Å². The molecule has 1 aromatic carbocycles. The van der Waals surface area contributed by atoms with Gasteiger partial charge in [-0.25, -0.2) is 8.42 Å². The van der Waals surface area contributed by atoms with Crippen molar-refractivity contribution in [3.05, 3.63) is 47.3 Å². The van der Waals surface area contributed by atoms with E-state index in [1.807, 2.05) is 6.92 Å². The monoisotopic (exact) mass is 448 g/mol. The van der Waals surface area contributed by atoms with E-state index in [0.29, 0.717) is 25.4 Å². The number of hydrogen-bond donors (Lipinski definition) is 0. The Balaban J connectivity index is 1.47. The molecule has 31 heavy (non-hydrogen) atoms. The zero-order valence-electron chi connectivity index (χ0n) is 18.1. The topological polar surface area (TPSA) is 104 Å². The molecule has 0 spiro atoms. The molecule has 0 bridgehead atoms. The summed E-state index contributed by atoms with van der Waals surface area (Å²) >= 11 is 0. The number of amides is 2. The van der Waals surface area contributed by atoms with Gasteiger partial charge in [0.25, 0.3) is 0 Å². The molecule has 168 valence electrons. The average molecular weight is 449 g/mol. The lowest BCUT2D eigenvalue weighted by Gasteiger charge is -2.34. The van der Waals surface area contributed by atoms with Crippen LogP contribution in [0.1, 0.15) is 29.9 Å². The third-order valence-electron chi connectivity index (χ3n) is 5.53. The Kier molecular flexibility index (Phi) is 7.11. The molecular weight excluding hydrogens is 420 g/mol. The summed E-state index contributed by atoms with van der Waals surface area (Å²) in [7, 11) is -1.87. The number of carbonyl (C=O) groups is 2. The molecule has 1 fully saturated rings. The zero-order valence-corrected chi connectivity index (χ0v) is 18.9. The highest BCUT2D eigenvalue weighted by atomic mass is 32.2. The van der Waals surface area contributed by atoms with Crippen LogP contribution in [0.15, 0.2) is 39.8 Å². The van der Waals surface area contributed by atoms with Gasteiger partial charge in [-0.1, -0.05) is 23.4 Å². The Bertz CT molecular complexity index is 1010. The summed E-state index contributed by atoms with van der Waals surface area (Å²) in [6.07, 6.45) is 0.192. The van der Waals surface area contributed by atoms with Gasteiger partial charge in [0.2, 0.25) is 21.8 Å². The van der Waals surface area contributed by atoms with Crippen molar-refractivity contribution in [2.45, 2.75) is 38.1 Å². The van der Waals surface area contributed by atoms with Crippen molar-refractivity contribution in [2.75, 3.05) is 33.2 Å². The summed E-state index contributed by atoms with van der Waals surface area (Å²) in [6.45, 7) is 5.11. The summed E-state index contributed by atoms with van der Waals surface area (Å²) < 4.78 is 31.9. The molecule has 1 aliphatic rings. The van der Waals surface area contributed by atoms with Crippen molar-refractivity contribution in [1.82, 2.24) is 19.3 Å². The van der Waals surface area contributed by atoms with Gasteiger partial charge in [0, 0.05) is 51.6 Å². The average Bonchev–Trinajstić information content (AvgIpc) is 3.09. The fraction of sp³-hybridized carbons (Fsp3) is 0.476. The predicted octanol–water partition coefficient (Wildman–Crippen LogP) is 1.56. The number of carbonyl (C=O) groups excluding carboxylic acids is 2. The van der Waals surface area contributed by atoms with E-state index in [-0.39, 0.29) is 42.6 Å². The molecule has 9 nitrogen and oxygen atoms in total. The molecule has 0 saturated carbocycles. The molecule has 3 rings (SSSR count). The maximum Gasteiger partial charge on any atom is 0.243 e. The van der Waals surface area contributed by atoms with Crippen LogP contribution in [0, 0.1) is 13.8 Å². The lowest BCUT2D eigenvalue weighted by atomic mass is 10.2. The first-order valence-electron chi connectivity index (χ1n) is 10.2. The molecule has 10 heteroatoms. The van der Waals surface area contributed by atoms with Crippen LogP contribution in [0.3, 0.4) is 0 Å². The second kappa shape index (κ2) is 9.61. The molecule has 0 atom stereocenters. The minimum atomic E-state index is -3.56. The second-order valence-electron chi connectivity index (χ2n) is 7.65. The Morgan fingerprint density at radius 2 is 1.71 bits per heavy atom. The van der Waals surface area contributed by atoms with Crippen LogP contribution in [0.5, 0.6) is 0 Å². The second-order valence-corrected chi connectivity index (χ2v) is 9.59. The van der Waals surface area contributed by atoms with Crippen LogP contribution in [0.2, 0.25) is 0 Å². The number of nitrogens with zero attached hydrogens (tertiary/aromatic N) is 4. The number of aryl methyl sites for hydroxylation is 2. The lowest BCUT2D eigenvalue weighted by molar-refractivity contribution is -0.137. The highest BCUT2D eigenvalue weighted by molar-refractivity contribution is 7.89. The van der Waals surface area contributed by atoms with Crippen LogP contribution in [0.4, 0.5) is 0 Å². The van der Waals surface area contributed by atoms with Crippen molar-refractivity contribution >= 4 is 21.8 Å². The predicted molar refractivity (Wildman–Crippen MR) is 113 cm³/mol. The van der Waals surface area contributed by atoms with Crippen LogP contribution >= 0.6 is 0 Å². The molecule has 0 aliphatic carbocycles. The van der Waals surface area contributed by atoms with Gasteiger partial charge in [-0.2, -0.15) is 4.31 Å². The van der Waals surface area contributed by atoms with E-state index < -0.39 is 10.0 Å². The van der Waals surface area contributed by atoms with Crippen molar-refractivity contribution in [3.63, 3.8) is 0 Å². The lowest BCUT2D eigenvalue weighted by Crippen LogP contribution is -2.50. The zero-order chi connectivity index (χ0) is 22.6. The molecule has 0 radical (unpaired) electrons. The van der Waals surface area contributed by atoms with Gasteiger partial charge >= 0.3 is 0 Å². The first-order chi connectivity index (χ1) is 14.7. The number of aromatic nitrogens is 1. The van der Waals surface area contributed by atoms with E-state index in [0.717, 1.165) is 11.3 Å². The molecule has 2 amide bonds. The Morgan fingerprint density at radius 3 is 2.29 bits per heavy atom. The van der Waals surface area contributed by atoms with Gasteiger partial charge in [-0.15, -0.1) is 0 Å². The fourth-order valence-corrected chi connectivity index (χ4v) is 4.98. The summed E-state index contributed by atoms with van der Waals surface area (Å²) in [5, 5.41) is 3.89. The highest BCUT2D eigenvalue weighted by Gasteiger charge is 2.30. The summed E-state index contributed by atoms with van der Waals surface area (Å²) in [5.41, 5.74) is 1.62. The van der Waals surface area contributed by atoms with Gasteiger partial charge in [0.15, 0.2) is 0 Å². The molecule has 2 heterocycles. The first kappa shape index (κ1) is 23.0. The van der Waals surface area contributed by atoms with Gasteiger partial charge in [0.1, 0.15) is 5.76 Å². The van der Waals surface area contributed by atoms with Gasteiger partial charge in [-0.05, 0) is 26.0 Å². The molecule has 1 aromatic heterocycles. The van der Waals surface area contributed by atoms with Crippen LogP contribution in [0.25, 0.3) is 0 Å². The SMILES string of the molecule is Cc1noc(C)c1CN(C)C(=O)CCC(=O)N1CCN(S(=O)(=O)c2ccccc2)CC1. The van der Waals surface area contributed by atoms with Crippen LogP contribution in [-0.2, 0) is 26.2 Å². The smallest absolute Gasteiger partial charge is 0.243 e. The number of sulfonamides is 1. The van der Waals surface area contributed by atoms with Crippen LogP contribution < -0.4 is 0 Å². The van der Waals surface area contributed by atoms with Gasteiger partial charge < -0.3 is 14.3 Å². The van der Waals surface area contributed by atoms with Crippen molar-refractivity contribution in [3.8, 4) is 0 Å². The van der Waals surface area contributed by atoms with Crippen LogP contribution in [-0.4, -0.2) is 72.7 Å². The van der Waals surface area contributed by atoms with E-state index in [9.17, 15) is 18.0 Å². The van der Waals surface area contributed by atoms with E-state index in [1.54, 1.807) is 54.1 Å². The summed E-state index contributed by atoms with van der Waals surface area (Å²) in [5.74, 6) is 0.394. The third kappa shape index (κ3) is 5.31. The molecule has 0 unspecified atom stereocenters. The van der Waals surface area contributed by atoms with E-state index in [4.69, 9.17) is 4.52 Å². The quantitative estimate of drug-likeness (QED) is 0.637. The maximum atomic E-state index is 12.7. The fourth-order valence-electron chi connectivity index (χ4n) is 3.54. The summed E-state index contributed by atoms with van der Waals surface area (Å²) in [6, 6.07) is 8.27. The summed E-state index contributed by atoms with van der Waals surface area (Å²) in [4.78, 5) is 28.4. The normalized spacial score (nSPS) is 15.1. The standard InChI is InChI=1S/C21H28N4O5S/c1-16-19(17(2)30-22-16)15-23(3)20(26)9-10-21(27)24-11-13-25(14-12-24)31(28,29)18-7-5-4-6-8-18/h4-8H,9-15H2,1-3H3. The van der Waals surface area contributed by atoms with Crippen molar-refractivity contribution in [1.29, 1.82) is 0 Å². The Morgan fingerprint density at radius 1 is 1.06 bits per heavy atom. The largest absolute Gasteiger partial charge is 0.361 e. The number of benzene rings is 1. The molecular formula is C21H28N4O5S. The molecule has 0 N–H and O–H groups in total. The molecule has 2 aromatic rings. The highest BCUT2D eigenvalue weighted by Crippen LogP contribution is 2.18. The van der Waals surface area contributed by atoms with Gasteiger partial charge in [0.05, 0.1) is 17.1 Å². The molecule has 1 aliphatic heterocycles. The minimum Gasteiger partial charge on any atom is -0.361 e. The van der Waals surface area contributed by atoms with Crippen molar-refractivity contribution in [2.24, 2.45) is 0 Å².